The molecule has 0 amide bonds. The molecule has 0 aliphatic carbocycles. The van der Waals surface area contributed by atoms with Crippen molar-refractivity contribution in [2.24, 2.45) is 5.92 Å². The Morgan fingerprint density at radius 2 is 2.37 bits per heavy atom. The van der Waals surface area contributed by atoms with Gasteiger partial charge in [0.05, 0.1) is 15.2 Å². The summed E-state index contributed by atoms with van der Waals surface area (Å²) in [5.41, 5.74) is 0.762. The summed E-state index contributed by atoms with van der Waals surface area (Å²) >= 11 is 8.38. The molecular weight excluding hydrogens is 377 g/mol. The molecule has 0 fully saturated rings. The Morgan fingerprint density at radius 3 is 3.11 bits per heavy atom. The number of ether oxygens (including phenoxy) is 1. The zero-order valence-corrected chi connectivity index (χ0v) is 13.3. The molecule has 0 aliphatic rings. The van der Waals surface area contributed by atoms with E-state index in [-0.39, 0.29) is 5.92 Å². The number of aromatic nitrogens is 1. The molecule has 1 atom stereocenters. The molecule has 1 aromatic carbocycles. The Kier molecular flexibility index (Phi) is 4.99. The smallest absolute Gasteiger partial charge is 0.158 e. The fourth-order valence-corrected chi connectivity index (χ4v) is 2.91. The number of pyridine rings is 1. The van der Waals surface area contributed by atoms with Gasteiger partial charge in [0.25, 0.3) is 0 Å². The molecule has 2 aromatic rings. The second-order valence-electron chi connectivity index (χ2n) is 4.39. The van der Waals surface area contributed by atoms with Gasteiger partial charge < -0.3 is 9.53 Å². The molecule has 2 rings (SSSR count). The Labute approximate surface area is 130 Å². The van der Waals surface area contributed by atoms with Crippen LogP contribution >= 0.6 is 34.2 Å². The van der Waals surface area contributed by atoms with E-state index < -0.39 is 0 Å². The standard InChI is InChI=1S/C14H13ClINO2/c1-9(4-6-18)8-19-14-12(16)7-11(15)10-3-2-5-17-13(10)14/h2-3,5-7,9H,4,8H2,1H3. The van der Waals surface area contributed by atoms with Crippen LogP contribution in [-0.2, 0) is 4.79 Å². The van der Waals surface area contributed by atoms with E-state index in [0.29, 0.717) is 18.1 Å². The van der Waals surface area contributed by atoms with E-state index >= 15 is 0 Å². The molecule has 0 saturated heterocycles. The van der Waals surface area contributed by atoms with Crippen LogP contribution in [0, 0.1) is 9.49 Å². The molecule has 1 heterocycles. The number of rotatable bonds is 5. The number of benzene rings is 1. The monoisotopic (exact) mass is 389 g/mol. The van der Waals surface area contributed by atoms with Gasteiger partial charge in [-0.3, -0.25) is 4.98 Å². The number of carbonyl (C=O) groups excluding carboxylic acids is 1. The van der Waals surface area contributed by atoms with Crippen LogP contribution in [0.15, 0.2) is 24.4 Å². The van der Waals surface area contributed by atoms with Crippen molar-refractivity contribution in [1.29, 1.82) is 0 Å². The van der Waals surface area contributed by atoms with Crippen LogP contribution in [0.2, 0.25) is 5.02 Å². The van der Waals surface area contributed by atoms with Crippen molar-refractivity contribution in [2.75, 3.05) is 6.61 Å². The quantitative estimate of drug-likeness (QED) is 0.571. The van der Waals surface area contributed by atoms with Gasteiger partial charge in [-0.1, -0.05) is 18.5 Å². The van der Waals surface area contributed by atoms with Crippen molar-refractivity contribution >= 4 is 51.4 Å². The van der Waals surface area contributed by atoms with Crippen molar-refractivity contribution in [3.8, 4) is 5.75 Å². The van der Waals surface area contributed by atoms with E-state index in [1.165, 1.54) is 0 Å². The second kappa shape index (κ2) is 6.52. The molecule has 0 saturated carbocycles. The van der Waals surface area contributed by atoms with E-state index in [1.807, 2.05) is 25.1 Å². The van der Waals surface area contributed by atoms with Gasteiger partial charge in [-0.2, -0.15) is 0 Å². The predicted octanol–water partition coefficient (Wildman–Crippen LogP) is 4.10. The Bertz CT molecular complexity index is 603. The molecule has 100 valence electrons. The maximum absolute atomic E-state index is 10.5. The Hall–Kier alpha value is -0.880. The van der Waals surface area contributed by atoms with Crippen molar-refractivity contribution in [3.05, 3.63) is 33.0 Å². The van der Waals surface area contributed by atoms with Crippen LogP contribution in [0.5, 0.6) is 5.75 Å². The van der Waals surface area contributed by atoms with Gasteiger partial charge in [-0.05, 0) is 46.7 Å². The maximum atomic E-state index is 10.5. The van der Waals surface area contributed by atoms with Crippen LogP contribution in [-0.4, -0.2) is 17.9 Å². The third kappa shape index (κ3) is 3.36. The molecule has 19 heavy (non-hydrogen) atoms. The topological polar surface area (TPSA) is 39.2 Å². The number of nitrogens with zero attached hydrogens (tertiary/aromatic N) is 1. The summed E-state index contributed by atoms with van der Waals surface area (Å²) in [6.07, 6.45) is 3.13. The minimum atomic E-state index is 0.183. The van der Waals surface area contributed by atoms with Gasteiger partial charge in [0.2, 0.25) is 0 Å². The number of hydrogen-bond acceptors (Lipinski definition) is 3. The van der Waals surface area contributed by atoms with Crippen LogP contribution in [0.4, 0.5) is 0 Å². The highest BCUT2D eigenvalue weighted by Gasteiger charge is 2.13. The summed E-state index contributed by atoms with van der Waals surface area (Å²) < 4.78 is 6.76. The lowest BCUT2D eigenvalue weighted by atomic mass is 10.1. The first-order valence-electron chi connectivity index (χ1n) is 5.92. The number of carbonyl (C=O) groups is 1. The molecule has 0 N–H and O–H groups in total. The van der Waals surface area contributed by atoms with Crippen LogP contribution < -0.4 is 4.74 Å². The molecule has 5 heteroatoms. The largest absolute Gasteiger partial charge is 0.490 e. The highest BCUT2D eigenvalue weighted by Crippen LogP contribution is 2.34. The zero-order chi connectivity index (χ0) is 13.8. The molecule has 0 radical (unpaired) electrons. The first kappa shape index (κ1) is 14.5. The summed E-state index contributed by atoms with van der Waals surface area (Å²) in [7, 11) is 0. The first-order valence-corrected chi connectivity index (χ1v) is 7.38. The molecule has 1 aromatic heterocycles. The molecule has 1 unspecified atom stereocenters. The fourth-order valence-electron chi connectivity index (χ4n) is 1.74. The fraction of sp³-hybridized carbons (Fsp3) is 0.286. The van der Waals surface area contributed by atoms with Crippen molar-refractivity contribution in [2.45, 2.75) is 13.3 Å². The van der Waals surface area contributed by atoms with Crippen LogP contribution in [0.3, 0.4) is 0 Å². The number of hydrogen-bond donors (Lipinski definition) is 0. The third-order valence-electron chi connectivity index (χ3n) is 2.76. The van der Waals surface area contributed by atoms with Crippen LogP contribution in [0.1, 0.15) is 13.3 Å². The lowest BCUT2D eigenvalue weighted by Crippen LogP contribution is -2.10. The van der Waals surface area contributed by atoms with Gasteiger partial charge in [0, 0.05) is 18.0 Å². The SMILES string of the molecule is CC(CC=O)COc1c(I)cc(Cl)c2cccnc12. The Balaban J connectivity index is 2.34. The van der Waals surface area contributed by atoms with Gasteiger partial charge in [-0.25, -0.2) is 0 Å². The van der Waals surface area contributed by atoms with Crippen LogP contribution in [0.25, 0.3) is 10.9 Å². The highest BCUT2D eigenvalue weighted by molar-refractivity contribution is 14.1. The highest BCUT2D eigenvalue weighted by atomic mass is 127. The second-order valence-corrected chi connectivity index (χ2v) is 5.96. The minimum absolute atomic E-state index is 0.183. The lowest BCUT2D eigenvalue weighted by molar-refractivity contribution is -0.108. The van der Waals surface area contributed by atoms with E-state index in [1.54, 1.807) is 6.20 Å². The number of fused-ring (bicyclic) bond motifs is 1. The first-order chi connectivity index (χ1) is 9.13. The summed E-state index contributed by atoms with van der Waals surface area (Å²) in [5, 5.41) is 1.54. The maximum Gasteiger partial charge on any atom is 0.158 e. The van der Waals surface area contributed by atoms with E-state index in [0.717, 1.165) is 26.5 Å². The molecular formula is C14H13ClINO2. The average Bonchev–Trinajstić information content (AvgIpc) is 2.39. The average molecular weight is 390 g/mol. The summed E-state index contributed by atoms with van der Waals surface area (Å²) in [4.78, 5) is 14.8. The Morgan fingerprint density at radius 1 is 1.58 bits per heavy atom. The van der Waals surface area contributed by atoms with E-state index in [2.05, 4.69) is 27.6 Å². The minimum Gasteiger partial charge on any atom is -0.490 e. The summed E-state index contributed by atoms with van der Waals surface area (Å²) in [6.45, 7) is 2.47. The van der Waals surface area contributed by atoms with Crippen molar-refractivity contribution < 1.29 is 9.53 Å². The molecule has 0 aliphatic heterocycles. The zero-order valence-electron chi connectivity index (χ0n) is 10.4. The molecule has 0 bridgehead atoms. The van der Waals surface area contributed by atoms with Gasteiger partial charge in [-0.15, -0.1) is 0 Å². The number of aldehydes is 1. The molecule has 3 nitrogen and oxygen atoms in total. The van der Waals surface area contributed by atoms with Crippen molar-refractivity contribution in [3.63, 3.8) is 0 Å². The number of halogens is 2. The third-order valence-corrected chi connectivity index (χ3v) is 3.88. The predicted molar refractivity (Wildman–Crippen MR) is 84.8 cm³/mol. The molecule has 0 spiro atoms. The van der Waals surface area contributed by atoms with Gasteiger partial charge >= 0.3 is 0 Å². The lowest BCUT2D eigenvalue weighted by Gasteiger charge is -2.14. The summed E-state index contributed by atoms with van der Waals surface area (Å²) in [5.74, 6) is 0.918. The van der Waals surface area contributed by atoms with E-state index in [4.69, 9.17) is 16.3 Å². The van der Waals surface area contributed by atoms with E-state index in [9.17, 15) is 4.79 Å². The van der Waals surface area contributed by atoms with Crippen molar-refractivity contribution in [1.82, 2.24) is 4.98 Å². The van der Waals surface area contributed by atoms with Gasteiger partial charge in [0.1, 0.15) is 11.8 Å². The van der Waals surface area contributed by atoms with Gasteiger partial charge in [0.15, 0.2) is 5.75 Å². The summed E-state index contributed by atoms with van der Waals surface area (Å²) in [6, 6.07) is 5.63. The normalized spacial score (nSPS) is 12.4.